The van der Waals surface area contributed by atoms with Gasteiger partial charge in [0.1, 0.15) is 6.04 Å². The highest BCUT2D eigenvalue weighted by molar-refractivity contribution is 5.97. The van der Waals surface area contributed by atoms with Crippen LogP contribution in [-0.2, 0) is 4.79 Å². The molecule has 1 aromatic carbocycles. The van der Waals surface area contributed by atoms with Gasteiger partial charge in [0.15, 0.2) is 0 Å². The van der Waals surface area contributed by atoms with Crippen molar-refractivity contribution < 1.29 is 9.59 Å². The summed E-state index contributed by atoms with van der Waals surface area (Å²) in [7, 11) is 0. The highest BCUT2D eigenvalue weighted by atomic mass is 16.2. The molecule has 1 atom stereocenters. The van der Waals surface area contributed by atoms with Crippen molar-refractivity contribution in [3.63, 3.8) is 0 Å². The summed E-state index contributed by atoms with van der Waals surface area (Å²) in [6.45, 7) is 3.39. The van der Waals surface area contributed by atoms with Gasteiger partial charge in [-0.1, -0.05) is 36.8 Å². The van der Waals surface area contributed by atoms with E-state index in [1.54, 1.807) is 19.2 Å². The zero-order valence-electron chi connectivity index (χ0n) is 16.4. The fraction of sp³-hybridized carbons (Fsp3) is 0.435. The molecule has 146 valence electrons. The molecule has 5 heteroatoms. The molecule has 0 radical (unpaired) electrons. The number of piperidine rings is 1. The first kappa shape index (κ1) is 18.7. The Morgan fingerprint density at radius 2 is 1.75 bits per heavy atom. The number of hydrogen-bond acceptors (Lipinski definition) is 3. The summed E-state index contributed by atoms with van der Waals surface area (Å²) in [6.07, 6.45) is 7.72. The SMILES string of the molecule is C[C@@H](NC(=O)c1ccc(-c2ccccc2)nc1)C(=O)N1CCC2(CCC2)CC1. The third-order valence-electron chi connectivity index (χ3n) is 6.36. The van der Waals surface area contributed by atoms with Crippen LogP contribution in [0, 0.1) is 5.41 Å². The lowest BCUT2D eigenvalue weighted by molar-refractivity contribution is -0.136. The third kappa shape index (κ3) is 3.79. The Morgan fingerprint density at radius 1 is 1.04 bits per heavy atom. The molecule has 1 saturated heterocycles. The van der Waals surface area contributed by atoms with Gasteiger partial charge in [-0.05, 0) is 50.2 Å². The maximum atomic E-state index is 12.7. The molecule has 1 spiro atoms. The predicted octanol–water partition coefficient (Wildman–Crippen LogP) is 3.66. The lowest BCUT2D eigenvalue weighted by Crippen LogP contribution is -2.52. The second-order valence-corrected chi connectivity index (χ2v) is 8.17. The quantitative estimate of drug-likeness (QED) is 0.884. The third-order valence-corrected chi connectivity index (χ3v) is 6.36. The van der Waals surface area contributed by atoms with E-state index >= 15 is 0 Å². The second kappa shape index (κ2) is 7.74. The van der Waals surface area contributed by atoms with Gasteiger partial charge in [-0.2, -0.15) is 0 Å². The maximum Gasteiger partial charge on any atom is 0.253 e. The number of carbonyl (C=O) groups excluding carboxylic acids is 2. The molecule has 0 unspecified atom stereocenters. The van der Waals surface area contributed by atoms with Crippen LogP contribution >= 0.6 is 0 Å². The zero-order valence-corrected chi connectivity index (χ0v) is 16.4. The first-order valence-corrected chi connectivity index (χ1v) is 10.2. The molecule has 4 rings (SSSR count). The average Bonchev–Trinajstić information content (AvgIpc) is 2.73. The molecule has 1 aromatic heterocycles. The molecule has 1 N–H and O–H groups in total. The van der Waals surface area contributed by atoms with Crippen molar-refractivity contribution in [1.82, 2.24) is 15.2 Å². The van der Waals surface area contributed by atoms with Crippen molar-refractivity contribution in [2.45, 2.75) is 45.1 Å². The molecule has 2 aliphatic rings. The summed E-state index contributed by atoms with van der Waals surface area (Å²) in [4.78, 5) is 31.5. The molecule has 2 heterocycles. The Balaban J connectivity index is 1.33. The zero-order chi connectivity index (χ0) is 19.6. The van der Waals surface area contributed by atoms with Gasteiger partial charge >= 0.3 is 0 Å². The van der Waals surface area contributed by atoms with Crippen LogP contribution in [0.3, 0.4) is 0 Å². The van der Waals surface area contributed by atoms with Crippen molar-refractivity contribution in [2.75, 3.05) is 13.1 Å². The van der Waals surface area contributed by atoms with Gasteiger partial charge < -0.3 is 10.2 Å². The fourth-order valence-corrected chi connectivity index (χ4v) is 4.30. The number of pyridine rings is 1. The summed E-state index contributed by atoms with van der Waals surface area (Å²) in [6, 6.07) is 12.9. The molecule has 1 aliphatic heterocycles. The molecule has 1 aliphatic carbocycles. The molecule has 2 aromatic rings. The summed E-state index contributed by atoms with van der Waals surface area (Å²) in [5.41, 5.74) is 2.80. The maximum absolute atomic E-state index is 12.7. The number of amides is 2. The summed E-state index contributed by atoms with van der Waals surface area (Å²) < 4.78 is 0. The van der Waals surface area contributed by atoms with Crippen molar-refractivity contribution in [2.24, 2.45) is 5.41 Å². The Morgan fingerprint density at radius 3 is 2.32 bits per heavy atom. The molecule has 2 fully saturated rings. The molecule has 2 amide bonds. The van der Waals surface area contributed by atoms with Crippen LogP contribution in [0.4, 0.5) is 0 Å². The van der Waals surface area contributed by atoms with Crippen LogP contribution in [0.5, 0.6) is 0 Å². The Labute approximate surface area is 166 Å². The number of hydrogen-bond donors (Lipinski definition) is 1. The van der Waals surface area contributed by atoms with Crippen LogP contribution < -0.4 is 5.32 Å². The van der Waals surface area contributed by atoms with Crippen molar-refractivity contribution >= 4 is 11.8 Å². The van der Waals surface area contributed by atoms with E-state index in [4.69, 9.17) is 0 Å². The number of rotatable bonds is 4. The fourth-order valence-electron chi connectivity index (χ4n) is 4.30. The van der Waals surface area contributed by atoms with Gasteiger partial charge in [-0.25, -0.2) is 0 Å². The van der Waals surface area contributed by atoms with Crippen molar-refractivity contribution in [1.29, 1.82) is 0 Å². The Bertz CT molecular complexity index is 834. The molecular weight excluding hydrogens is 350 g/mol. The highest BCUT2D eigenvalue weighted by Crippen LogP contribution is 2.48. The predicted molar refractivity (Wildman–Crippen MR) is 109 cm³/mol. The smallest absolute Gasteiger partial charge is 0.253 e. The van der Waals surface area contributed by atoms with E-state index in [-0.39, 0.29) is 11.8 Å². The number of aromatic nitrogens is 1. The summed E-state index contributed by atoms with van der Waals surface area (Å²) >= 11 is 0. The van der Waals surface area contributed by atoms with Gasteiger partial charge in [-0.15, -0.1) is 0 Å². The molecule has 1 saturated carbocycles. The number of likely N-dealkylation sites (tertiary alicyclic amines) is 1. The number of nitrogens with one attached hydrogen (secondary N) is 1. The molecular formula is C23H27N3O2. The monoisotopic (exact) mass is 377 g/mol. The number of carbonyl (C=O) groups is 2. The van der Waals surface area contributed by atoms with Gasteiger partial charge in [0.05, 0.1) is 11.3 Å². The van der Waals surface area contributed by atoms with Gasteiger partial charge in [-0.3, -0.25) is 14.6 Å². The van der Waals surface area contributed by atoms with E-state index in [1.807, 2.05) is 41.3 Å². The Kier molecular flexibility index (Phi) is 5.16. The van der Waals surface area contributed by atoms with Crippen molar-refractivity contribution in [3.05, 3.63) is 54.2 Å². The van der Waals surface area contributed by atoms with Gasteiger partial charge in [0, 0.05) is 24.8 Å². The number of benzene rings is 1. The normalized spacial score (nSPS) is 19.0. The minimum atomic E-state index is -0.531. The first-order chi connectivity index (χ1) is 13.6. The van der Waals surface area contributed by atoms with Crippen molar-refractivity contribution in [3.8, 4) is 11.3 Å². The average molecular weight is 377 g/mol. The van der Waals surface area contributed by atoms with E-state index in [1.165, 1.54) is 19.3 Å². The van der Waals surface area contributed by atoms with Crippen LogP contribution in [0.25, 0.3) is 11.3 Å². The van der Waals surface area contributed by atoms with Crippen LogP contribution in [0.1, 0.15) is 49.4 Å². The first-order valence-electron chi connectivity index (χ1n) is 10.2. The van der Waals surface area contributed by atoms with E-state index in [0.717, 1.165) is 37.2 Å². The van der Waals surface area contributed by atoms with E-state index in [0.29, 0.717) is 11.0 Å². The van der Waals surface area contributed by atoms with Gasteiger partial charge in [0.25, 0.3) is 5.91 Å². The van der Waals surface area contributed by atoms with Crippen LogP contribution in [0.15, 0.2) is 48.7 Å². The van der Waals surface area contributed by atoms with Crippen LogP contribution in [-0.4, -0.2) is 40.8 Å². The second-order valence-electron chi connectivity index (χ2n) is 8.17. The minimum absolute atomic E-state index is 0.0105. The van der Waals surface area contributed by atoms with E-state index in [9.17, 15) is 9.59 Å². The summed E-state index contributed by atoms with van der Waals surface area (Å²) in [5.74, 6) is -0.253. The molecule has 28 heavy (non-hydrogen) atoms. The lowest BCUT2D eigenvalue weighted by Gasteiger charge is -2.48. The molecule has 5 nitrogen and oxygen atoms in total. The minimum Gasteiger partial charge on any atom is -0.341 e. The highest BCUT2D eigenvalue weighted by Gasteiger charge is 2.40. The largest absolute Gasteiger partial charge is 0.341 e. The lowest BCUT2D eigenvalue weighted by atomic mass is 9.63. The van der Waals surface area contributed by atoms with Crippen LogP contribution in [0.2, 0.25) is 0 Å². The number of nitrogens with zero attached hydrogens (tertiary/aromatic N) is 2. The van der Waals surface area contributed by atoms with Gasteiger partial charge in [0.2, 0.25) is 5.91 Å². The standard InChI is InChI=1S/C23H27N3O2/c1-17(22(28)26-14-12-23(13-15-26)10-5-11-23)25-21(27)19-8-9-20(24-16-19)18-6-3-2-4-7-18/h2-4,6-9,16-17H,5,10-15H2,1H3,(H,25,27)/t17-/m1/s1. The molecule has 0 bridgehead atoms. The summed E-state index contributed by atoms with van der Waals surface area (Å²) in [5, 5.41) is 2.83. The topological polar surface area (TPSA) is 62.3 Å². The van der Waals surface area contributed by atoms with E-state index in [2.05, 4.69) is 10.3 Å². The Hall–Kier alpha value is -2.69. The van der Waals surface area contributed by atoms with E-state index < -0.39 is 6.04 Å².